The van der Waals surface area contributed by atoms with Crippen LogP contribution in [0.15, 0.2) is 29.1 Å². The summed E-state index contributed by atoms with van der Waals surface area (Å²) in [5.41, 5.74) is -0.218. The predicted molar refractivity (Wildman–Crippen MR) is 89.4 cm³/mol. The molecule has 2 N–H and O–H groups in total. The Labute approximate surface area is 135 Å². The molecule has 2 aromatic heterocycles. The molecular formula is C15H16N4O3S. The van der Waals surface area contributed by atoms with Gasteiger partial charge in [0, 0.05) is 13.1 Å². The number of hydrogen-bond acceptors (Lipinski definition) is 6. The zero-order valence-corrected chi connectivity index (χ0v) is 13.6. The molecule has 2 heterocycles. The SMILES string of the molecule is CN(C)CCNC(=O)c1c(O)nc2sc3ccccc3n2c1=O. The van der Waals surface area contributed by atoms with Gasteiger partial charge in [0.15, 0.2) is 5.56 Å². The number of rotatable bonds is 4. The fraction of sp³-hybridized carbons (Fsp3) is 0.267. The maximum absolute atomic E-state index is 12.7. The van der Waals surface area contributed by atoms with E-state index in [4.69, 9.17) is 0 Å². The van der Waals surface area contributed by atoms with Crippen molar-refractivity contribution in [2.45, 2.75) is 0 Å². The fourth-order valence-electron chi connectivity index (χ4n) is 2.28. The summed E-state index contributed by atoms with van der Waals surface area (Å²) in [4.78, 5) is 31.2. The highest BCUT2D eigenvalue weighted by Gasteiger charge is 2.21. The van der Waals surface area contributed by atoms with E-state index in [1.54, 1.807) is 6.07 Å². The van der Waals surface area contributed by atoms with Gasteiger partial charge in [-0.2, -0.15) is 4.98 Å². The zero-order valence-electron chi connectivity index (χ0n) is 12.7. The molecule has 3 aromatic rings. The largest absolute Gasteiger partial charge is 0.492 e. The quantitative estimate of drug-likeness (QED) is 0.741. The molecule has 0 spiro atoms. The summed E-state index contributed by atoms with van der Waals surface area (Å²) in [6, 6.07) is 7.32. The van der Waals surface area contributed by atoms with Crippen molar-refractivity contribution >= 4 is 32.4 Å². The lowest BCUT2D eigenvalue weighted by Gasteiger charge is -2.10. The summed E-state index contributed by atoms with van der Waals surface area (Å²) in [5.74, 6) is -1.16. The molecule has 1 amide bonds. The lowest BCUT2D eigenvalue weighted by molar-refractivity contribution is 0.0946. The van der Waals surface area contributed by atoms with E-state index in [-0.39, 0.29) is 5.56 Å². The number of amides is 1. The first-order valence-electron chi connectivity index (χ1n) is 7.05. The second-order valence-electron chi connectivity index (χ2n) is 5.36. The standard InChI is InChI=1S/C15H16N4O3S/c1-18(2)8-7-16-12(20)11-13(21)17-15-19(14(11)22)9-5-3-4-6-10(9)23-15/h3-6,21H,7-8H2,1-2H3,(H,16,20). The van der Waals surface area contributed by atoms with Crippen LogP contribution in [0, 0.1) is 0 Å². The average Bonchev–Trinajstić information content (AvgIpc) is 2.84. The Morgan fingerprint density at radius 2 is 2.13 bits per heavy atom. The van der Waals surface area contributed by atoms with E-state index in [0.717, 1.165) is 4.70 Å². The van der Waals surface area contributed by atoms with Crippen LogP contribution < -0.4 is 10.9 Å². The predicted octanol–water partition coefficient (Wildman–Crippen LogP) is 0.906. The van der Waals surface area contributed by atoms with E-state index < -0.39 is 17.3 Å². The first-order valence-corrected chi connectivity index (χ1v) is 7.87. The minimum absolute atomic E-state index is 0.329. The highest BCUT2D eigenvalue weighted by molar-refractivity contribution is 7.23. The van der Waals surface area contributed by atoms with Gasteiger partial charge in [0.2, 0.25) is 10.8 Å². The molecule has 0 unspecified atom stereocenters. The van der Waals surface area contributed by atoms with Crippen molar-refractivity contribution in [3.8, 4) is 5.88 Å². The highest BCUT2D eigenvalue weighted by Crippen LogP contribution is 2.25. The van der Waals surface area contributed by atoms with Gasteiger partial charge >= 0.3 is 0 Å². The number of thiazole rings is 1. The molecule has 0 aliphatic rings. The molecule has 0 bridgehead atoms. The van der Waals surface area contributed by atoms with Crippen LogP contribution in [0.4, 0.5) is 0 Å². The molecule has 0 fully saturated rings. The summed E-state index contributed by atoms with van der Waals surface area (Å²) < 4.78 is 2.22. The molecule has 0 radical (unpaired) electrons. The fourth-order valence-corrected chi connectivity index (χ4v) is 3.29. The van der Waals surface area contributed by atoms with Crippen molar-refractivity contribution in [1.82, 2.24) is 19.6 Å². The number of carbonyl (C=O) groups is 1. The third kappa shape index (κ3) is 2.78. The molecule has 23 heavy (non-hydrogen) atoms. The van der Waals surface area contributed by atoms with E-state index in [1.807, 2.05) is 37.2 Å². The number of nitrogens with zero attached hydrogens (tertiary/aromatic N) is 3. The Morgan fingerprint density at radius 1 is 1.39 bits per heavy atom. The molecule has 1 aromatic carbocycles. The number of likely N-dealkylation sites (N-methyl/N-ethyl adjacent to an activating group) is 1. The first kappa shape index (κ1) is 15.4. The number of aromatic hydroxyl groups is 1. The lowest BCUT2D eigenvalue weighted by atomic mass is 10.3. The summed E-state index contributed by atoms with van der Waals surface area (Å²) in [6.45, 7) is 1.00. The molecule has 0 saturated heterocycles. The van der Waals surface area contributed by atoms with Gasteiger partial charge in [-0.25, -0.2) is 0 Å². The number of nitrogens with one attached hydrogen (secondary N) is 1. The third-order valence-corrected chi connectivity index (χ3v) is 4.43. The molecule has 0 atom stereocenters. The summed E-state index contributed by atoms with van der Waals surface area (Å²) in [7, 11) is 3.76. The maximum atomic E-state index is 12.7. The maximum Gasteiger partial charge on any atom is 0.275 e. The van der Waals surface area contributed by atoms with Crippen LogP contribution in [0.1, 0.15) is 10.4 Å². The number of aromatic nitrogens is 2. The van der Waals surface area contributed by atoms with Gasteiger partial charge in [0.05, 0.1) is 10.2 Å². The second kappa shape index (κ2) is 5.98. The average molecular weight is 332 g/mol. The van der Waals surface area contributed by atoms with Crippen LogP contribution in [-0.4, -0.2) is 52.5 Å². The number of carbonyl (C=O) groups excluding carboxylic acids is 1. The molecule has 0 aliphatic carbocycles. The van der Waals surface area contributed by atoms with Crippen LogP contribution in [0.5, 0.6) is 5.88 Å². The van der Waals surface area contributed by atoms with E-state index >= 15 is 0 Å². The third-order valence-electron chi connectivity index (χ3n) is 3.41. The molecule has 0 aliphatic heterocycles. The number of para-hydroxylation sites is 1. The van der Waals surface area contributed by atoms with Gasteiger partial charge in [-0.05, 0) is 26.2 Å². The van der Waals surface area contributed by atoms with Crippen molar-refractivity contribution in [3.63, 3.8) is 0 Å². The molecule has 3 rings (SSSR count). The van der Waals surface area contributed by atoms with Crippen molar-refractivity contribution in [2.24, 2.45) is 0 Å². The van der Waals surface area contributed by atoms with E-state index in [1.165, 1.54) is 15.7 Å². The Morgan fingerprint density at radius 3 is 2.87 bits per heavy atom. The van der Waals surface area contributed by atoms with Crippen molar-refractivity contribution in [3.05, 3.63) is 40.2 Å². The highest BCUT2D eigenvalue weighted by atomic mass is 32.1. The van der Waals surface area contributed by atoms with E-state index in [2.05, 4.69) is 10.3 Å². The second-order valence-corrected chi connectivity index (χ2v) is 6.37. The lowest BCUT2D eigenvalue weighted by Crippen LogP contribution is -2.35. The van der Waals surface area contributed by atoms with Crippen molar-refractivity contribution in [2.75, 3.05) is 27.2 Å². The minimum Gasteiger partial charge on any atom is -0.492 e. The number of fused-ring (bicyclic) bond motifs is 3. The number of benzene rings is 1. The van der Waals surface area contributed by atoms with Crippen LogP contribution in [0.25, 0.3) is 15.2 Å². The summed E-state index contributed by atoms with van der Waals surface area (Å²) >= 11 is 1.29. The smallest absolute Gasteiger partial charge is 0.275 e. The Bertz CT molecular complexity index is 945. The van der Waals surface area contributed by atoms with Crippen LogP contribution in [0.2, 0.25) is 0 Å². The number of hydrogen-bond donors (Lipinski definition) is 2. The van der Waals surface area contributed by atoms with E-state index in [0.29, 0.717) is 23.6 Å². The van der Waals surface area contributed by atoms with Crippen molar-refractivity contribution in [1.29, 1.82) is 0 Å². The summed E-state index contributed by atoms with van der Waals surface area (Å²) in [6.07, 6.45) is 0. The van der Waals surface area contributed by atoms with Gasteiger partial charge in [0.1, 0.15) is 0 Å². The van der Waals surface area contributed by atoms with Crippen LogP contribution >= 0.6 is 11.3 Å². The van der Waals surface area contributed by atoms with Gasteiger partial charge < -0.3 is 15.3 Å². The van der Waals surface area contributed by atoms with Crippen LogP contribution in [0.3, 0.4) is 0 Å². The minimum atomic E-state index is -0.619. The molecule has 0 saturated carbocycles. The molecule has 120 valence electrons. The van der Waals surface area contributed by atoms with Gasteiger partial charge in [-0.1, -0.05) is 23.5 Å². The van der Waals surface area contributed by atoms with E-state index in [9.17, 15) is 14.7 Å². The van der Waals surface area contributed by atoms with Crippen LogP contribution in [-0.2, 0) is 0 Å². The van der Waals surface area contributed by atoms with Gasteiger partial charge in [-0.15, -0.1) is 0 Å². The Balaban J connectivity index is 2.08. The van der Waals surface area contributed by atoms with Gasteiger partial charge in [0.25, 0.3) is 11.5 Å². The summed E-state index contributed by atoms with van der Waals surface area (Å²) in [5, 5.41) is 12.6. The Hall–Kier alpha value is -2.45. The normalized spacial score (nSPS) is 11.4. The first-order chi connectivity index (χ1) is 11.0. The molecule has 8 heteroatoms. The van der Waals surface area contributed by atoms with Gasteiger partial charge in [-0.3, -0.25) is 14.0 Å². The molecule has 7 nitrogen and oxygen atoms in total. The monoisotopic (exact) mass is 332 g/mol. The Kier molecular flexibility index (Phi) is 4.01. The topological polar surface area (TPSA) is 86.9 Å². The zero-order chi connectivity index (χ0) is 16.6. The van der Waals surface area contributed by atoms with Crippen molar-refractivity contribution < 1.29 is 9.90 Å². The molecular weight excluding hydrogens is 316 g/mol.